The molecule has 0 bridgehead atoms. The van der Waals surface area contributed by atoms with Crippen LogP contribution in [0, 0.1) is 11.8 Å². The summed E-state index contributed by atoms with van der Waals surface area (Å²) in [7, 11) is -2.08. The molecule has 0 aromatic carbocycles. The number of rotatable bonds is 10. The normalized spacial score (nSPS) is 22.7. The van der Waals surface area contributed by atoms with Crippen molar-refractivity contribution >= 4 is 14.3 Å². The summed E-state index contributed by atoms with van der Waals surface area (Å²) in [6.07, 6.45) is 6.50. The summed E-state index contributed by atoms with van der Waals surface area (Å²) in [5.41, 5.74) is 1.44. The molecule has 0 aromatic heterocycles. The molecule has 1 rings (SSSR count). The van der Waals surface area contributed by atoms with E-state index in [9.17, 15) is 9.90 Å². The van der Waals surface area contributed by atoms with E-state index in [1.165, 1.54) is 6.08 Å². The van der Waals surface area contributed by atoms with Gasteiger partial charge in [-0.2, -0.15) is 0 Å². The lowest BCUT2D eigenvalue weighted by Crippen LogP contribution is -2.51. The molecule has 0 amide bonds. The SMILES string of the molecule is CCOC(=O)/C=C/[C@H](O[Si](C(C)C)(C(C)C)C(C)C)[C@H]1CCC[C@H]1CO. The molecule has 1 aliphatic rings. The molecule has 3 atom stereocenters. The van der Waals surface area contributed by atoms with Crippen LogP contribution in [0.1, 0.15) is 67.7 Å². The highest BCUT2D eigenvalue weighted by molar-refractivity contribution is 6.77. The highest BCUT2D eigenvalue weighted by Crippen LogP contribution is 2.46. The highest BCUT2D eigenvalue weighted by atomic mass is 28.4. The lowest BCUT2D eigenvalue weighted by Gasteiger charge is -2.45. The number of ether oxygens (including phenoxy) is 1. The average molecular weight is 385 g/mol. The summed E-state index contributed by atoms with van der Waals surface area (Å²) in [6, 6.07) is 0. The molecule has 4 nitrogen and oxygen atoms in total. The van der Waals surface area contributed by atoms with Crippen molar-refractivity contribution in [2.24, 2.45) is 11.8 Å². The first-order chi connectivity index (χ1) is 12.2. The molecule has 1 fully saturated rings. The van der Waals surface area contributed by atoms with E-state index in [-0.39, 0.29) is 30.5 Å². The molecular formula is C21H40O4Si. The van der Waals surface area contributed by atoms with Crippen LogP contribution in [-0.2, 0) is 14.0 Å². The summed E-state index contributed by atoms with van der Waals surface area (Å²) < 4.78 is 12.1. The lowest BCUT2D eigenvalue weighted by atomic mass is 9.91. The van der Waals surface area contributed by atoms with Gasteiger partial charge in [0.2, 0.25) is 8.32 Å². The zero-order valence-electron chi connectivity index (χ0n) is 17.8. The van der Waals surface area contributed by atoms with Crippen LogP contribution in [0.25, 0.3) is 0 Å². The minimum absolute atomic E-state index is 0.127. The van der Waals surface area contributed by atoms with Crippen molar-refractivity contribution in [3.8, 4) is 0 Å². The van der Waals surface area contributed by atoms with Crippen LogP contribution >= 0.6 is 0 Å². The Balaban J connectivity index is 3.19. The molecule has 1 saturated carbocycles. The third-order valence-electron chi connectivity index (χ3n) is 6.13. The molecule has 0 aliphatic heterocycles. The first-order valence-electron chi connectivity index (χ1n) is 10.3. The van der Waals surface area contributed by atoms with Crippen LogP contribution in [0.2, 0.25) is 16.6 Å². The molecule has 26 heavy (non-hydrogen) atoms. The van der Waals surface area contributed by atoms with Crippen LogP contribution in [0.4, 0.5) is 0 Å². The molecule has 1 aliphatic carbocycles. The second-order valence-electron chi connectivity index (χ2n) is 8.55. The van der Waals surface area contributed by atoms with Crippen LogP contribution in [0.3, 0.4) is 0 Å². The summed E-state index contributed by atoms with van der Waals surface area (Å²) in [5.74, 6) is 0.212. The number of carbonyl (C=O) groups is 1. The molecule has 5 heteroatoms. The number of aliphatic hydroxyl groups is 1. The number of hydrogen-bond donors (Lipinski definition) is 1. The maximum Gasteiger partial charge on any atom is 0.330 e. The van der Waals surface area contributed by atoms with E-state index >= 15 is 0 Å². The lowest BCUT2D eigenvalue weighted by molar-refractivity contribution is -0.137. The van der Waals surface area contributed by atoms with E-state index in [1.807, 2.05) is 13.0 Å². The van der Waals surface area contributed by atoms with Gasteiger partial charge in [0, 0.05) is 12.7 Å². The number of hydrogen-bond acceptors (Lipinski definition) is 4. The van der Waals surface area contributed by atoms with Crippen molar-refractivity contribution in [3.63, 3.8) is 0 Å². The molecule has 1 N–H and O–H groups in total. The third-order valence-corrected chi connectivity index (χ3v) is 12.2. The largest absolute Gasteiger partial charge is 0.463 e. The topological polar surface area (TPSA) is 55.8 Å². The Hall–Kier alpha value is -0.653. The van der Waals surface area contributed by atoms with E-state index in [4.69, 9.17) is 9.16 Å². The quantitative estimate of drug-likeness (QED) is 0.324. The summed E-state index contributed by atoms with van der Waals surface area (Å²) >= 11 is 0. The Morgan fingerprint density at radius 3 is 2.15 bits per heavy atom. The van der Waals surface area contributed by atoms with Crippen molar-refractivity contribution in [2.45, 2.75) is 90.5 Å². The standard InChI is InChI=1S/C21H40O4Si/c1-8-24-21(23)13-12-20(19-11-9-10-18(19)14-22)25-26(15(2)3,16(4)5)17(6)7/h12-13,15-20,22H,8-11,14H2,1-7H3/b13-12+/t18-,19-,20-/m0/s1. The highest BCUT2D eigenvalue weighted by Gasteiger charge is 2.48. The zero-order valence-corrected chi connectivity index (χ0v) is 18.8. The second kappa shape index (κ2) is 10.6. The van der Waals surface area contributed by atoms with Gasteiger partial charge in [0.15, 0.2) is 0 Å². The fourth-order valence-electron chi connectivity index (χ4n) is 5.00. The number of carbonyl (C=O) groups excluding carboxylic acids is 1. The molecule has 0 spiro atoms. The molecule has 0 radical (unpaired) electrons. The number of esters is 1. The molecule has 0 heterocycles. The van der Waals surface area contributed by atoms with Gasteiger partial charge in [-0.15, -0.1) is 0 Å². The van der Waals surface area contributed by atoms with Gasteiger partial charge in [-0.25, -0.2) is 4.79 Å². The molecule has 0 unspecified atom stereocenters. The van der Waals surface area contributed by atoms with Gasteiger partial charge in [-0.1, -0.05) is 48.0 Å². The number of aliphatic hydroxyl groups excluding tert-OH is 1. The Kier molecular flexibility index (Phi) is 9.55. The Morgan fingerprint density at radius 1 is 1.12 bits per heavy atom. The van der Waals surface area contributed by atoms with E-state index in [1.54, 1.807) is 0 Å². The first-order valence-corrected chi connectivity index (χ1v) is 12.5. The molecule has 0 saturated heterocycles. The van der Waals surface area contributed by atoms with Crippen molar-refractivity contribution in [2.75, 3.05) is 13.2 Å². The molecular weight excluding hydrogens is 344 g/mol. The van der Waals surface area contributed by atoms with Crippen LogP contribution in [-0.4, -0.2) is 38.7 Å². The monoisotopic (exact) mass is 384 g/mol. The molecule has 152 valence electrons. The Labute approximate surface area is 161 Å². The van der Waals surface area contributed by atoms with E-state index in [2.05, 4.69) is 41.5 Å². The minimum Gasteiger partial charge on any atom is -0.463 e. The maximum atomic E-state index is 11.9. The smallest absolute Gasteiger partial charge is 0.330 e. The van der Waals surface area contributed by atoms with Crippen LogP contribution in [0.5, 0.6) is 0 Å². The van der Waals surface area contributed by atoms with Gasteiger partial charge < -0.3 is 14.3 Å². The van der Waals surface area contributed by atoms with Crippen molar-refractivity contribution in [3.05, 3.63) is 12.2 Å². The van der Waals surface area contributed by atoms with E-state index in [0.717, 1.165) is 19.3 Å². The maximum absolute atomic E-state index is 11.9. The predicted octanol–water partition coefficient (Wildman–Crippen LogP) is 5.08. The fraction of sp³-hybridized carbons (Fsp3) is 0.857. The van der Waals surface area contributed by atoms with Gasteiger partial charge in [-0.05, 0) is 54.3 Å². The predicted molar refractivity (Wildman–Crippen MR) is 110 cm³/mol. The van der Waals surface area contributed by atoms with Gasteiger partial charge >= 0.3 is 5.97 Å². The zero-order chi connectivity index (χ0) is 19.9. The van der Waals surface area contributed by atoms with E-state index < -0.39 is 8.32 Å². The summed E-state index contributed by atoms with van der Waals surface area (Å²) in [5, 5.41) is 9.81. The average Bonchev–Trinajstić information content (AvgIpc) is 3.02. The van der Waals surface area contributed by atoms with E-state index in [0.29, 0.717) is 23.2 Å². The Morgan fingerprint density at radius 2 is 1.69 bits per heavy atom. The minimum atomic E-state index is -2.08. The summed E-state index contributed by atoms with van der Waals surface area (Å²) in [4.78, 5) is 11.9. The van der Waals surface area contributed by atoms with Crippen molar-refractivity contribution < 1.29 is 19.1 Å². The van der Waals surface area contributed by atoms with Gasteiger partial charge in [-0.3, -0.25) is 0 Å². The van der Waals surface area contributed by atoms with Crippen molar-refractivity contribution in [1.82, 2.24) is 0 Å². The van der Waals surface area contributed by atoms with Gasteiger partial charge in [0.25, 0.3) is 0 Å². The fourth-order valence-corrected chi connectivity index (χ4v) is 10.5. The third kappa shape index (κ3) is 5.43. The van der Waals surface area contributed by atoms with Crippen molar-refractivity contribution in [1.29, 1.82) is 0 Å². The van der Waals surface area contributed by atoms with Crippen LogP contribution < -0.4 is 0 Å². The summed E-state index contributed by atoms with van der Waals surface area (Å²) in [6.45, 7) is 16.0. The Bertz CT molecular complexity index is 437. The van der Waals surface area contributed by atoms with Crippen LogP contribution in [0.15, 0.2) is 12.2 Å². The second-order valence-corrected chi connectivity index (χ2v) is 14.0. The van der Waals surface area contributed by atoms with Gasteiger partial charge in [0.05, 0.1) is 12.7 Å². The molecule has 0 aromatic rings. The van der Waals surface area contributed by atoms with Gasteiger partial charge in [0.1, 0.15) is 0 Å². The first kappa shape index (κ1) is 23.4.